The van der Waals surface area contributed by atoms with Gasteiger partial charge in [0.15, 0.2) is 5.76 Å². The van der Waals surface area contributed by atoms with Gasteiger partial charge in [-0.2, -0.15) is 0 Å². The Morgan fingerprint density at radius 2 is 2.25 bits per heavy atom. The van der Waals surface area contributed by atoms with E-state index < -0.39 is 11.5 Å². The highest BCUT2D eigenvalue weighted by molar-refractivity contribution is 6.29. The molecule has 1 N–H and O–H groups in total. The number of hydrogen-bond donors (Lipinski definition) is 1. The van der Waals surface area contributed by atoms with Gasteiger partial charge in [0, 0.05) is 26.1 Å². The number of likely N-dealkylation sites (tertiary alicyclic amines) is 1. The molecule has 0 unspecified atom stereocenters. The zero-order chi connectivity index (χ0) is 14.3. The van der Waals surface area contributed by atoms with E-state index in [1.165, 1.54) is 23.4 Å². The second kappa shape index (κ2) is 4.53. The molecular formula is C12H11ClN4O3. The number of amides is 1. The summed E-state index contributed by atoms with van der Waals surface area (Å²) in [5, 5.41) is 14.5. The Kier molecular flexibility index (Phi) is 2.95. The summed E-state index contributed by atoms with van der Waals surface area (Å²) in [6.07, 6.45) is 3.13. The van der Waals surface area contributed by atoms with Gasteiger partial charge < -0.3 is 14.5 Å². The van der Waals surface area contributed by atoms with Gasteiger partial charge in [-0.1, -0.05) is 16.8 Å². The quantitative estimate of drug-likeness (QED) is 0.882. The summed E-state index contributed by atoms with van der Waals surface area (Å²) in [7, 11) is 1.63. The normalized spacial score (nSPS) is 22.6. The predicted octanol–water partition coefficient (Wildman–Crippen LogP) is 0.835. The maximum absolute atomic E-state index is 12.0. The van der Waals surface area contributed by atoms with E-state index >= 15 is 0 Å². The first-order valence-electron chi connectivity index (χ1n) is 5.94. The molecule has 2 aromatic heterocycles. The lowest BCUT2D eigenvalue weighted by Gasteiger charge is -2.16. The molecule has 1 saturated heterocycles. The highest BCUT2D eigenvalue weighted by Crippen LogP contribution is 2.34. The van der Waals surface area contributed by atoms with E-state index in [0.29, 0.717) is 17.9 Å². The van der Waals surface area contributed by atoms with E-state index in [9.17, 15) is 9.90 Å². The minimum Gasteiger partial charge on any atom is -0.373 e. The van der Waals surface area contributed by atoms with Crippen LogP contribution in [0.4, 0.5) is 0 Å². The van der Waals surface area contributed by atoms with Crippen LogP contribution in [0.15, 0.2) is 23.0 Å². The lowest BCUT2D eigenvalue weighted by atomic mass is 9.99. The number of aliphatic hydroxyl groups is 1. The maximum atomic E-state index is 12.0. The molecule has 0 aliphatic carbocycles. The van der Waals surface area contributed by atoms with Crippen molar-refractivity contribution in [2.45, 2.75) is 12.0 Å². The summed E-state index contributed by atoms with van der Waals surface area (Å²) in [6, 6.07) is 1.48. The van der Waals surface area contributed by atoms with Crippen molar-refractivity contribution in [3.63, 3.8) is 0 Å². The molecule has 1 fully saturated rings. The Labute approximate surface area is 119 Å². The first kappa shape index (κ1) is 13.0. The second-order valence-corrected chi connectivity index (χ2v) is 5.03. The lowest BCUT2D eigenvalue weighted by molar-refractivity contribution is -0.144. The Morgan fingerprint density at radius 3 is 2.90 bits per heavy atom. The van der Waals surface area contributed by atoms with E-state index in [2.05, 4.69) is 15.1 Å². The number of carbonyl (C=O) groups is 1. The van der Waals surface area contributed by atoms with Gasteiger partial charge in [-0.15, -0.1) is 0 Å². The number of hydrogen-bond acceptors (Lipinski definition) is 6. The molecule has 0 aromatic carbocycles. The number of nitrogens with zero attached hydrogens (tertiary/aromatic N) is 4. The topological polar surface area (TPSA) is 92.3 Å². The second-order valence-electron chi connectivity index (χ2n) is 4.64. The fourth-order valence-electron chi connectivity index (χ4n) is 2.14. The van der Waals surface area contributed by atoms with Crippen LogP contribution in [0.5, 0.6) is 0 Å². The fraction of sp³-hybridized carbons (Fsp3) is 0.333. The van der Waals surface area contributed by atoms with Crippen LogP contribution in [0.3, 0.4) is 0 Å². The number of halogens is 1. The van der Waals surface area contributed by atoms with Crippen LogP contribution in [-0.2, 0) is 10.4 Å². The fourth-order valence-corrected chi connectivity index (χ4v) is 2.29. The highest BCUT2D eigenvalue weighted by Gasteiger charge is 2.48. The van der Waals surface area contributed by atoms with Crippen molar-refractivity contribution in [1.29, 1.82) is 0 Å². The maximum Gasteiger partial charge on any atom is 0.262 e. The average Bonchev–Trinajstić information content (AvgIpc) is 3.02. The summed E-state index contributed by atoms with van der Waals surface area (Å²) in [4.78, 5) is 21.4. The minimum atomic E-state index is -1.66. The van der Waals surface area contributed by atoms with Crippen LogP contribution in [0, 0.1) is 0 Å². The van der Waals surface area contributed by atoms with Crippen LogP contribution in [0.1, 0.15) is 12.2 Å². The van der Waals surface area contributed by atoms with Crippen molar-refractivity contribution in [1.82, 2.24) is 20.0 Å². The van der Waals surface area contributed by atoms with Crippen molar-refractivity contribution in [2.24, 2.45) is 0 Å². The van der Waals surface area contributed by atoms with Gasteiger partial charge in [0.05, 0.1) is 12.4 Å². The zero-order valence-corrected chi connectivity index (χ0v) is 11.3. The van der Waals surface area contributed by atoms with E-state index in [0.717, 1.165) is 0 Å². The summed E-state index contributed by atoms with van der Waals surface area (Å²) in [5.74, 6) is -0.305. The molecule has 0 bridgehead atoms. The molecule has 0 spiro atoms. The summed E-state index contributed by atoms with van der Waals surface area (Å²) in [5.41, 5.74) is -0.882. The molecule has 1 amide bonds. The largest absolute Gasteiger partial charge is 0.373 e. The Balaban J connectivity index is 1.97. The van der Waals surface area contributed by atoms with Gasteiger partial charge in [0.1, 0.15) is 16.5 Å². The van der Waals surface area contributed by atoms with Crippen molar-refractivity contribution in [2.75, 3.05) is 13.6 Å². The number of likely N-dealkylation sites (N-methyl/N-ethyl adjacent to an activating group) is 1. The van der Waals surface area contributed by atoms with Gasteiger partial charge >= 0.3 is 0 Å². The molecule has 1 atom stereocenters. The molecule has 20 heavy (non-hydrogen) atoms. The third-order valence-electron chi connectivity index (χ3n) is 3.29. The molecule has 8 heteroatoms. The van der Waals surface area contributed by atoms with Crippen molar-refractivity contribution in [3.05, 3.63) is 29.4 Å². The SMILES string of the molecule is CN1CC[C@@](O)(c2cc(-c3cncc(Cl)n3)no2)C1=O. The Bertz CT molecular complexity index is 674. The zero-order valence-electron chi connectivity index (χ0n) is 10.6. The van der Waals surface area contributed by atoms with E-state index in [1.807, 2.05) is 0 Å². The molecule has 3 rings (SSSR count). The van der Waals surface area contributed by atoms with E-state index in [1.54, 1.807) is 7.05 Å². The van der Waals surface area contributed by atoms with Gasteiger partial charge in [0.2, 0.25) is 5.60 Å². The minimum absolute atomic E-state index is 0.101. The Morgan fingerprint density at radius 1 is 1.45 bits per heavy atom. The van der Waals surface area contributed by atoms with E-state index in [-0.39, 0.29) is 17.3 Å². The molecule has 104 valence electrons. The molecule has 7 nitrogen and oxygen atoms in total. The van der Waals surface area contributed by atoms with Crippen molar-refractivity contribution >= 4 is 17.5 Å². The van der Waals surface area contributed by atoms with Crippen LogP contribution in [0.2, 0.25) is 5.15 Å². The molecule has 3 heterocycles. The molecular weight excluding hydrogens is 284 g/mol. The summed E-state index contributed by atoms with van der Waals surface area (Å²) < 4.78 is 5.11. The average molecular weight is 295 g/mol. The molecule has 0 saturated carbocycles. The first-order chi connectivity index (χ1) is 9.50. The standard InChI is InChI=1S/C12H11ClN4O3/c1-17-3-2-12(19,11(17)18)9-4-7(16-20-9)8-5-14-6-10(13)15-8/h4-6,19H,2-3H2,1H3/t12-/m1/s1. The molecule has 0 radical (unpaired) electrons. The monoisotopic (exact) mass is 294 g/mol. The summed E-state index contributed by atoms with van der Waals surface area (Å²) in [6.45, 7) is 0.461. The third kappa shape index (κ3) is 1.95. The molecule has 1 aliphatic heterocycles. The number of aromatic nitrogens is 3. The van der Waals surface area contributed by atoms with Crippen molar-refractivity contribution in [3.8, 4) is 11.4 Å². The Hall–Kier alpha value is -1.99. The van der Waals surface area contributed by atoms with Crippen LogP contribution < -0.4 is 0 Å². The van der Waals surface area contributed by atoms with Gasteiger partial charge in [0.25, 0.3) is 5.91 Å². The molecule has 1 aliphatic rings. The smallest absolute Gasteiger partial charge is 0.262 e. The van der Waals surface area contributed by atoms with Gasteiger partial charge in [-0.25, -0.2) is 4.98 Å². The third-order valence-corrected chi connectivity index (χ3v) is 3.48. The van der Waals surface area contributed by atoms with Gasteiger partial charge in [-0.05, 0) is 0 Å². The lowest BCUT2D eigenvalue weighted by Crippen LogP contribution is -2.35. The molecule has 2 aromatic rings. The van der Waals surface area contributed by atoms with Crippen LogP contribution in [0.25, 0.3) is 11.4 Å². The van der Waals surface area contributed by atoms with Crippen LogP contribution in [-0.4, -0.2) is 44.6 Å². The van der Waals surface area contributed by atoms with E-state index in [4.69, 9.17) is 16.1 Å². The van der Waals surface area contributed by atoms with Crippen molar-refractivity contribution < 1.29 is 14.4 Å². The number of carbonyl (C=O) groups excluding carboxylic acids is 1. The van der Waals surface area contributed by atoms with Crippen LogP contribution >= 0.6 is 11.6 Å². The summed E-state index contributed by atoms with van der Waals surface area (Å²) >= 11 is 5.76. The van der Waals surface area contributed by atoms with Gasteiger partial charge in [-0.3, -0.25) is 9.78 Å². The first-order valence-corrected chi connectivity index (χ1v) is 6.31. The predicted molar refractivity (Wildman–Crippen MR) is 68.7 cm³/mol. The highest BCUT2D eigenvalue weighted by atomic mass is 35.5. The number of rotatable bonds is 2.